The maximum atomic E-state index is 6.25. The van der Waals surface area contributed by atoms with Crippen LogP contribution in [0.25, 0.3) is 0 Å². The summed E-state index contributed by atoms with van der Waals surface area (Å²) in [6.07, 6.45) is 4.52. The molecule has 1 heterocycles. The van der Waals surface area contributed by atoms with Crippen LogP contribution in [-0.2, 0) is 12.0 Å². The first-order valence-electron chi connectivity index (χ1n) is 6.72. The van der Waals surface area contributed by atoms with Gasteiger partial charge in [0.05, 0.1) is 10.7 Å². The minimum Gasteiger partial charge on any atom is -0.321 e. The molecule has 0 amide bonds. The lowest BCUT2D eigenvalue weighted by atomic mass is 10.0. The quantitative estimate of drug-likeness (QED) is 0.826. The van der Waals surface area contributed by atoms with Crippen LogP contribution in [0.3, 0.4) is 0 Å². The van der Waals surface area contributed by atoms with Crippen LogP contribution in [-0.4, -0.2) is 4.98 Å². The lowest BCUT2D eigenvalue weighted by molar-refractivity contribution is 0.557. The molecule has 0 unspecified atom stereocenters. The molecule has 0 radical (unpaired) electrons. The third-order valence-electron chi connectivity index (χ3n) is 3.12. The van der Waals surface area contributed by atoms with Crippen molar-refractivity contribution >= 4 is 11.3 Å². The van der Waals surface area contributed by atoms with Crippen LogP contribution in [0.15, 0.2) is 0 Å². The fourth-order valence-corrected chi connectivity index (χ4v) is 3.49. The van der Waals surface area contributed by atoms with Crippen molar-refractivity contribution < 1.29 is 0 Å². The summed E-state index contributed by atoms with van der Waals surface area (Å²) >= 11 is 1.83. The van der Waals surface area contributed by atoms with E-state index in [-0.39, 0.29) is 5.54 Å². The number of aromatic nitrogens is 1. The number of rotatable bonds is 6. The van der Waals surface area contributed by atoms with Gasteiger partial charge in [0.2, 0.25) is 0 Å². The van der Waals surface area contributed by atoms with E-state index in [4.69, 9.17) is 10.7 Å². The summed E-state index contributed by atoms with van der Waals surface area (Å²) in [5.41, 5.74) is 7.23. The average Bonchev–Trinajstić information content (AvgIpc) is 2.64. The van der Waals surface area contributed by atoms with Crippen LogP contribution in [0.5, 0.6) is 0 Å². The van der Waals surface area contributed by atoms with Crippen LogP contribution in [0.4, 0.5) is 0 Å². The topological polar surface area (TPSA) is 38.9 Å². The molecule has 0 aliphatic heterocycles. The first kappa shape index (κ1) is 14.7. The molecule has 0 saturated carbocycles. The molecule has 0 atom stereocenters. The molecule has 2 N–H and O–H groups in total. The van der Waals surface area contributed by atoms with Crippen molar-refractivity contribution in [3.05, 3.63) is 15.6 Å². The molecular weight excluding hydrogens is 228 g/mol. The molecule has 1 rings (SSSR count). The van der Waals surface area contributed by atoms with E-state index in [1.54, 1.807) is 0 Å². The third-order valence-corrected chi connectivity index (χ3v) is 4.72. The Hall–Kier alpha value is -0.410. The van der Waals surface area contributed by atoms with Gasteiger partial charge >= 0.3 is 0 Å². The second-order valence-corrected chi connectivity index (χ2v) is 6.34. The molecule has 1 aromatic rings. The van der Waals surface area contributed by atoms with Gasteiger partial charge in [-0.15, -0.1) is 11.3 Å². The van der Waals surface area contributed by atoms with Crippen molar-refractivity contribution in [1.82, 2.24) is 4.98 Å². The first-order valence-corrected chi connectivity index (χ1v) is 7.54. The van der Waals surface area contributed by atoms with Crippen molar-refractivity contribution in [2.45, 2.75) is 71.8 Å². The summed E-state index contributed by atoms with van der Waals surface area (Å²) in [4.78, 5) is 6.13. The van der Waals surface area contributed by atoms with E-state index in [9.17, 15) is 0 Å². The van der Waals surface area contributed by atoms with Gasteiger partial charge in [0, 0.05) is 16.3 Å². The van der Waals surface area contributed by atoms with E-state index in [2.05, 4.69) is 34.6 Å². The largest absolute Gasteiger partial charge is 0.321 e. The van der Waals surface area contributed by atoms with Crippen molar-refractivity contribution in [2.75, 3.05) is 0 Å². The minimum absolute atomic E-state index is 0.257. The lowest BCUT2D eigenvalue weighted by Gasteiger charge is -2.17. The number of aryl methyl sites for hydroxylation is 1. The van der Waals surface area contributed by atoms with Gasteiger partial charge in [0.15, 0.2) is 0 Å². The number of thiazole rings is 1. The Morgan fingerprint density at radius 1 is 1.24 bits per heavy atom. The maximum Gasteiger partial charge on any atom is 0.0962 e. The summed E-state index contributed by atoms with van der Waals surface area (Å²) in [5.74, 6) is 0.603. The van der Waals surface area contributed by atoms with Gasteiger partial charge in [-0.25, -0.2) is 4.98 Å². The average molecular weight is 254 g/mol. The van der Waals surface area contributed by atoms with Crippen molar-refractivity contribution in [3.63, 3.8) is 0 Å². The van der Waals surface area contributed by atoms with Gasteiger partial charge in [0.1, 0.15) is 0 Å². The highest BCUT2D eigenvalue weighted by Gasteiger charge is 2.24. The zero-order valence-electron chi connectivity index (χ0n) is 11.8. The maximum absolute atomic E-state index is 6.25. The number of nitrogens with zero attached hydrogens (tertiary/aromatic N) is 1. The molecule has 17 heavy (non-hydrogen) atoms. The van der Waals surface area contributed by atoms with Crippen molar-refractivity contribution in [1.29, 1.82) is 0 Å². The Balaban J connectivity index is 3.11. The van der Waals surface area contributed by atoms with E-state index in [1.165, 1.54) is 28.4 Å². The zero-order chi connectivity index (χ0) is 13.1. The summed E-state index contributed by atoms with van der Waals surface area (Å²) in [5, 5.41) is 1.28. The Kier molecular flexibility index (Phi) is 5.14. The van der Waals surface area contributed by atoms with Gasteiger partial charge in [-0.3, -0.25) is 0 Å². The van der Waals surface area contributed by atoms with Crippen LogP contribution in [0, 0.1) is 0 Å². The highest BCUT2D eigenvalue weighted by atomic mass is 32.1. The van der Waals surface area contributed by atoms with Crippen LogP contribution in [0.1, 0.15) is 75.4 Å². The Bertz CT molecular complexity index is 346. The van der Waals surface area contributed by atoms with E-state index in [1.807, 2.05) is 11.3 Å². The van der Waals surface area contributed by atoms with Gasteiger partial charge in [0.25, 0.3) is 0 Å². The fourth-order valence-electron chi connectivity index (χ4n) is 2.09. The number of hydrogen-bond donors (Lipinski definition) is 1. The van der Waals surface area contributed by atoms with E-state index in [0.29, 0.717) is 5.92 Å². The second kappa shape index (κ2) is 5.96. The van der Waals surface area contributed by atoms with Gasteiger partial charge in [-0.1, -0.05) is 27.2 Å². The van der Waals surface area contributed by atoms with Crippen molar-refractivity contribution in [2.24, 2.45) is 5.73 Å². The zero-order valence-corrected chi connectivity index (χ0v) is 12.7. The number of hydrogen-bond acceptors (Lipinski definition) is 3. The Labute approximate surface area is 110 Å². The molecule has 98 valence electrons. The summed E-state index contributed by atoms with van der Waals surface area (Å²) in [7, 11) is 0. The van der Waals surface area contributed by atoms with E-state index in [0.717, 1.165) is 12.8 Å². The molecule has 0 aromatic carbocycles. The Morgan fingerprint density at radius 3 is 2.24 bits per heavy atom. The molecular formula is C14H26N2S. The molecule has 0 fully saturated rings. The predicted molar refractivity (Wildman–Crippen MR) is 76.6 cm³/mol. The fraction of sp³-hybridized carbons (Fsp3) is 0.786. The summed E-state index contributed by atoms with van der Waals surface area (Å²) in [6, 6.07) is 0. The molecule has 0 saturated heterocycles. The van der Waals surface area contributed by atoms with E-state index < -0.39 is 0 Å². The summed E-state index contributed by atoms with van der Waals surface area (Å²) in [6.45, 7) is 10.8. The Morgan fingerprint density at radius 2 is 1.82 bits per heavy atom. The molecule has 1 aromatic heterocycles. The monoisotopic (exact) mass is 254 g/mol. The highest BCUT2D eigenvalue weighted by Crippen LogP contribution is 2.34. The summed E-state index contributed by atoms with van der Waals surface area (Å²) < 4.78 is 0. The molecule has 3 heteroatoms. The molecule has 2 nitrogen and oxygen atoms in total. The third kappa shape index (κ3) is 3.52. The minimum atomic E-state index is -0.257. The molecule has 0 spiro atoms. The standard InChI is InChI=1S/C14H26N2S/c1-6-9-11-12(14(4,5)15)17-13(16-11)10(7-2)8-3/h10H,6-9,15H2,1-5H3. The van der Waals surface area contributed by atoms with Crippen molar-refractivity contribution in [3.8, 4) is 0 Å². The molecule has 0 aliphatic carbocycles. The SMILES string of the molecule is CCCc1nc(C(CC)CC)sc1C(C)(C)N. The second-order valence-electron chi connectivity index (χ2n) is 5.31. The number of nitrogens with two attached hydrogens (primary N) is 1. The lowest BCUT2D eigenvalue weighted by Crippen LogP contribution is -2.28. The smallest absolute Gasteiger partial charge is 0.0962 e. The van der Waals surface area contributed by atoms with Gasteiger partial charge < -0.3 is 5.73 Å². The molecule has 0 aliphatic rings. The molecule has 0 bridgehead atoms. The van der Waals surface area contributed by atoms with Crippen LogP contribution in [0.2, 0.25) is 0 Å². The van der Waals surface area contributed by atoms with Crippen LogP contribution < -0.4 is 5.73 Å². The first-order chi connectivity index (χ1) is 7.93. The van der Waals surface area contributed by atoms with Crippen LogP contribution >= 0.6 is 11.3 Å². The normalized spacial score (nSPS) is 12.4. The van der Waals surface area contributed by atoms with Gasteiger partial charge in [-0.2, -0.15) is 0 Å². The highest BCUT2D eigenvalue weighted by molar-refractivity contribution is 7.12. The van der Waals surface area contributed by atoms with E-state index >= 15 is 0 Å². The van der Waals surface area contributed by atoms with Gasteiger partial charge in [-0.05, 0) is 33.1 Å². The predicted octanol–water partition coefficient (Wildman–Crippen LogP) is 4.19.